The minimum Gasteiger partial charge on any atom is -0.484 e. The summed E-state index contributed by atoms with van der Waals surface area (Å²) in [5, 5.41) is 6.52. The third-order valence-corrected chi connectivity index (χ3v) is 4.43. The molecule has 2 aromatic rings. The molecule has 27 heavy (non-hydrogen) atoms. The summed E-state index contributed by atoms with van der Waals surface area (Å²) in [4.78, 5) is 24.7. The van der Waals surface area contributed by atoms with Gasteiger partial charge in [0, 0.05) is 16.6 Å². The van der Waals surface area contributed by atoms with Gasteiger partial charge in [-0.2, -0.15) is 0 Å². The quantitative estimate of drug-likeness (QED) is 0.697. The van der Waals surface area contributed by atoms with Crippen molar-refractivity contribution in [2.24, 2.45) is 5.92 Å². The van der Waals surface area contributed by atoms with Crippen LogP contribution in [0.1, 0.15) is 19.4 Å². The molecule has 2 rings (SSSR count). The van der Waals surface area contributed by atoms with Gasteiger partial charge in [-0.1, -0.05) is 61.3 Å². The highest BCUT2D eigenvalue weighted by Crippen LogP contribution is 2.20. The van der Waals surface area contributed by atoms with Gasteiger partial charge in [-0.15, -0.1) is 0 Å². The molecule has 0 bridgehead atoms. The summed E-state index contributed by atoms with van der Waals surface area (Å²) < 4.78 is 5.41. The average molecular weight is 409 g/mol. The second-order valence-corrected chi connectivity index (χ2v) is 7.19. The number of amides is 2. The molecule has 5 nitrogen and oxygen atoms in total. The van der Waals surface area contributed by atoms with Crippen molar-refractivity contribution in [3.8, 4) is 5.75 Å². The molecule has 0 fully saturated rings. The summed E-state index contributed by atoms with van der Waals surface area (Å²) in [7, 11) is 0. The number of carbonyl (C=O) groups is 2. The zero-order chi connectivity index (χ0) is 19.8. The molecule has 2 amide bonds. The molecule has 0 aliphatic heterocycles. The Morgan fingerprint density at radius 3 is 2.41 bits per heavy atom. The summed E-state index contributed by atoms with van der Waals surface area (Å²) in [6, 6.07) is 13.4. The van der Waals surface area contributed by atoms with Gasteiger partial charge in [0.25, 0.3) is 5.91 Å². The molecule has 0 heterocycles. The Kier molecular flexibility index (Phi) is 7.95. The van der Waals surface area contributed by atoms with Gasteiger partial charge in [0.2, 0.25) is 5.91 Å². The van der Waals surface area contributed by atoms with Gasteiger partial charge < -0.3 is 15.4 Å². The number of para-hydroxylation sites is 1. The van der Waals surface area contributed by atoms with Gasteiger partial charge in [0.15, 0.2) is 6.61 Å². The Morgan fingerprint density at radius 1 is 1.07 bits per heavy atom. The van der Waals surface area contributed by atoms with Crippen LogP contribution in [0.25, 0.3) is 0 Å². The lowest BCUT2D eigenvalue weighted by atomic mass is 10.0. The van der Waals surface area contributed by atoms with E-state index >= 15 is 0 Å². The molecular weight excluding hydrogens is 387 g/mol. The van der Waals surface area contributed by atoms with E-state index in [1.165, 1.54) is 0 Å². The Labute approximate surface area is 169 Å². The highest BCUT2D eigenvalue weighted by Gasteiger charge is 2.24. The molecular formula is C20H22Cl2N2O3. The highest BCUT2D eigenvalue weighted by molar-refractivity contribution is 6.35. The number of rotatable bonds is 8. The molecule has 0 spiro atoms. The summed E-state index contributed by atoms with van der Waals surface area (Å²) in [5.74, 6) is -0.150. The van der Waals surface area contributed by atoms with Crippen LogP contribution in [0.3, 0.4) is 0 Å². The van der Waals surface area contributed by atoms with Crippen molar-refractivity contribution < 1.29 is 14.3 Å². The van der Waals surface area contributed by atoms with Crippen molar-refractivity contribution in [3.63, 3.8) is 0 Å². The van der Waals surface area contributed by atoms with E-state index in [-0.39, 0.29) is 30.9 Å². The average Bonchev–Trinajstić information content (AvgIpc) is 2.64. The van der Waals surface area contributed by atoms with Crippen LogP contribution in [0, 0.1) is 5.92 Å². The number of hydrogen-bond acceptors (Lipinski definition) is 3. The van der Waals surface area contributed by atoms with E-state index in [0.29, 0.717) is 15.8 Å². The van der Waals surface area contributed by atoms with Gasteiger partial charge in [0.1, 0.15) is 11.8 Å². The summed E-state index contributed by atoms with van der Waals surface area (Å²) >= 11 is 12.0. The van der Waals surface area contributed by atoms with Crippen molar-refractivity contribution in [1.82, 2.24) is 10.6 Å². The van der Waals surface area contributed by atoms with Crippen LogP contribution in [0.4, 0.5) is 0 Å². The molecule has 0 saturated carbocycles. The Balaban J connectivity index is 1.89. The largest absolute Gasteiger partial charge is 0.484 e. The molecule has 0 aromatic heterocycles. The maximum atomic E-state index is 12.5. The maximum Gasteiger partial charge on any atom is 0.258 e. The zero-order valence-electron chi connectivity index (χ0n) is 15.2. The van der Waals surface area contributed by atoms with E-state index in [1.54, 1.807) is 30.3 Å². The predicted molar refractivity (Wildman–Crippen MR) is 107 cm³/mol. The molecule has 2 aromatic carbocycles. The van der Waals surface area contributed by atoms with Crippen molar-refractivity contribution >= 4 is 35.0 Å². The lowest BCUT2D eigenvalue weighted by Crippen LogP contribution is -2.50. The molecule has 0 saturated heterocycles. The SMILES string of the molecule is CC(C)[C@H](NC(=O)COc1ccccc1)C(=O)NCc1ccc(Cl)cc1Cl. The third-order valence-electron chi connectivity index (χ3n) is 3.85. The molecule has 7 heteroatoms. The Morgan fingerprint density at radius 2 is 1.78 bits per heavy atom. The second-order valence-electron chi connectivity index (χ2n) is 6.34. The van der Waals surface area contributed by atoms with Gasteiger partial charge >= 0.3 is 0 Å². The Bertz CT molecular complexity index is 782. The summed E-state index contributed by atoms with van der Waals surface area (Å²) in [6.45, 7) is 3.80. The highest BCUT2D eigenvalue weighted by atomic mass is 35.5. The van der Waals surface area contributed by atoms with Gasteiger partial charge in [0.05, 0.1) is 0 Å². The maximum absolute atomic E-state index is 12.5. The first-order valence-corrected chi connectivity index (χ1v) is 9.31. The smallest absolute Gasteiger partial charge is 0.258 e. The van der Waals surface area contributed by atoms with E-state index in [1.807, 2.05) is 32.0 Å². The fourth-order valence-corrected chi connectivity index (χ4v) is 2.85. The van der Waals surface area contributed by atoms with Crippen molar-refractivity contribution in [2.75, 3.05) is 6.61 Å². The van der Waals surface area contributed by atoms with Crippen molar-refractivity contribution in [3.05, 3.63) is 64.1 Å². The number of benzene rings is 2. The fraction of sp³-hybridized carbons (Fsp3) is 0.300. The topological polar surface area (TPSA) is 67.4 Å². The monoisotopic (exact) mass is 408 g/mol. The van der Waals surface area contributed by atoms with E-state index in [0.717, 1.165) is 5.56 Å². The van der Waals surface area contributed by atoms with E-state index in [2.05, 4.69) is 10.6 Å². The van der Waals surface area contributed by atoms with Crippen LogP contribution in [-0.2, 0) is 16.1 Å². The number of carbonyl (C=O) groups excluding carboxylic acids is 2. The first-order valence-electron chi connectivity index (χ1n) is 8.55. The van der Waals surface area contributed by atoms with Crippen LogP contribution in [-0.4, -0.2) is 24.5 Å². The molecule has 144 valence electrons. The van der Waals surface area contributed by atoms with Crippen LogP contribution >= 0.6 is 23.2 Å². The molecule has 1 atom stereocenters. The minimum atomic E-state index is -0.678. The third kappa shape index (κ3) is 6.77. The predicted octanol–water partition coefficient (Wildman–Crippen LogP) is 3.83. The van der Waals surface area contributed by atoms with Crippen LogP contribution in [0.5, 0.6) is 5.75 Å². The van der Waals surface area contributed by atoms with Crippen molar-refractivity contribution in [2.45, 2.75) is 26.4 Å². The van der Waals surface area contributed by atoms with E-state index in [9.17, 15) is 9.59 Å². The van der Waals surface area contributed by atoms with E-state index < -0.39 is 6.04 Å². The van der Waals surface area contributed by atoms with Crippen LogP contribution in [0.2, 0.25) is 10.0 Å². The summed E-state index contributed by atoms with van der Waals surface area (Å²) in [6.07, 6.45) is 0. The second kappa shape index (κ2) is 10.2. The van der Waals surface area contributed by atoms with Crippen LogP contribution < -0.4 is 15.4 Å². The first-order chi connectivity index (χ1) is 12.9. The van der Waals surface area contributed by atoms with E-state index in [4.69, 9.17) is 27.9 Å². The lowest BCUT2D eigenvalue weighted by Gasteiger charge is -2.22. The molecule has 2 N–H and O–H groups in total. The van der Waals surface area contributed by atoms with Crippen LogP contribution in [0.15, 0.2) is 48.5 Å². The van der Waals surface area contributed by atoms with Gasteiger partial charge in [-0.05, 0) is 35.7 Å². The number of nitrogens with one attached hydrogen (secondary N) is 2. The van der Waals surface area contributed by atoms with Gasteiger partial charge in [-0.3, -0.25) is 9.59 Å². The molecule has 0 aliphatic carbocycles. The lowest BCUT2D eigenvalue weighted by molar-refractivity contribution is -0.131. The molecule has 0 aliphatic rings. The fourth-order valence-electron chi connectivity index (χ4n) is 2.37. The molecule has 0 radical (unpaired) electrons. The Hall–Kier alpha value is -2.24. The minimum absolute atomic E-state index is 0.0913. The normalized spacial score (nSPS) is 11.7. The van der Waals surface area contributed by atoms with Crippen molar-refractivity contribution in [1.29, 1.82) is 0 Å². The zero-order valence-corrected chi connectivity index (χ0v) is 16.7. The first kappa shape index (κ1) is 21.1. The number of hydrogen-bond donors (Lipinski definition) is 2. The molecule has 0 unspecified atom stereocenters. The van der Waals surface area contributed by atoms with Gasteiger partial charge in [-0.25, -0.2) is 0 Å². The number of halogens is 2. The summed E-state index contributed by atoms with van der Waals surface area (Å²) in [5.41, 5.74) is 0.746. The number of ether oxygens (including phenoxy) is 1. The standard InChI is InChI=1S/C20H22Cl2N2O3/c1-13(2)19(24-18(25)12-27-16-6-4-3-5-7-16)20(26)23-11-14-8-9-15(21)10-17(14)22/h3-10,13,19H,11-12H2,1-2H3,(H,23,26)(H,24,25)/t19-/m0/s1.